The average Bonchev–Trinajstić information content (AvgIpc) is 2.77. The number of benzene rings is 2. The molecule has 196 valence electrons. The molecule has 8 nitrogen and oxygen atoms in total. The van der Waals surface area contributed by atoms with Gasteiger partial charge >= 0.3 is 6.09 Å². The molecule has 2 atom stereocenters. The first-order chi connectivity index (χ1) is 16.7. The first-order valence-corrected chi connectivity index (χ1v) is 12.0. The summed E-state index contributed by atoms with van der Waals surface area (Å²) in [5.74, 6) is -0.973. The summed E-state index contributed by atoms with van der Waals surface area (Å²) in [4.78, 5) is 41.3. The van der Waals surface area contributed by atoms with Crippen LogP contribution in [0.1, 0.15) is 64.3 Å². The van der Waals surface area contributed by atoms with Gasteiger partial charge in [0.1, 0.15) is 17.7 Å². The number of hydrogen-bond donors (Lipinski definition) is 3. The molecule has 2 rings (SSSR count). The molecule has 0 aromatic heterocycles. The molecule has 0 bridgehead atoms. The minimum Gasteiger partial charge on any atom is -0.444 e. The number of carbonyl (C=O) groups excluding carboxylic acids is 3. The summed E-state index contributed by atoms with van der Waals surface area (Å²) in [7, 11) is 0. The smallest absolute Gasteiger partial charge is 0.408 e. The lowest BCUT2D eigenvalue weighted by Crippen LogP contribution is -2.59. The molecule has 2 aromatic carbocycles. The van der Waals surface area contributed by atoms with Gasteiger partial charge in [-0.3, -0.25) is 9.59 Å². The van der Waals surface area contributed by atoms with E-state index < -0.39 is 41.8 Å². The van der Waals surface area contributed by atoms with Crippen LogP contribution in [0.2, 0.25) is 0 Å². The van der Waals surface area contributed by atoms with E-state index >= 15 is 0 Å². The molecule has 8 heteroatoms. The molecular formula is C28H39N3O5. The Kier molecular flexibility index (Phi) is 9.64. The summed E-state index contributed by atoms with van der Waals surface area (Å²) in [6.45, 7) is 12.1. The monoisotopic (exact) mass is 497 g/mol. The van der Waals surface area contributed by atoms with Gasteiger partial charge in [0.2, 0.25) is 11.8 Å². The Labute approximate surface area is 214 Å². The molecule has 2 aromatic rings. The summed E-state index contributed by atoms with van der Waals surface area (Å²) in [5.41, 5.74) is 0.858. The second-order valence-corrected chi connectivity index (χ2v) is 10.8. The fourth-order valence-corrected chi connectivity index (χ4v) is 3.79. The lowest BCUT2D eigenvalue weighted by molar-refractivity contribution is -0.149. The summed E-state index contributed by atoms with van der Waals surface area (Å²) in [6, 6.07) is 14.6. The minimum atomic E-state index is -1.30. The van der Waals surface area contributed by atoms with E-state index in [1.165, 1.54) is 4.90 Å². The second kappa shape index (κ2) is 12.0. The van der Waals surface area contributed by atoms with Crippen LogP contribution < -0.4 is 10.6 Å². The van der Waals surface area contributed by atoms with E-state index in [0.717, 1.165) is 11.1 Å². The summed E-state index contributed by atoms with van der Waals surface area (Å²) >= 11 is 0. The van der Waals surface area contributed by atoms with E-state index in [9.17, 15) is 19.5 Å². The second-order valence-electron chi connectivity index (χ2n) is 10.8. The quantitative estimate of drug-likeness (QED) is 0.513. The molecule has 0 aliphatic heterocycles. The highest BCUT2D eigenvalue weighted by molar-refractivity contribution is 5.92. The Morgan fingerprint density at radius 2 is 1.61 bits per heavy atom. The third-order valence-corrected chi connectivity index (χ3v) is 5.31. The van der Waals surface area contributed by atoms with Crippen LogP contribution >= 0.6 is 0 Å². The molecule has 0 aliphatic carbocycles. The normalized spacial score (nSPS) is 13.3. The van der Waals surface area contributed by atoms with Gasteiger partial charge in [0.05, 0.1) is 6.61 Å². The van der Waals surface area contributed by atoms with Crippen molar-refractivity contribution in [3.8, 4) is 0 Å². The van der Waals surface area contributed by atoms with Gasteiger partial charge in [0.25, 0.3) is 0 Å². The number of hydrogen-bond acceptors (Lipinski definition) is 5. The Morgan fingerprint density at radius 1 is 0.972 bits per heavy atom. The van der Waals surface area contributed by atoms with E-state index in [1.54, 1.807) is 47.6 Å². The number of alkyl carbamates (subject to hydrolysis) is 1. The number of nitrogens with zero attached hydrogens (tertiary/aromatic N) is 1. The van der Waals surface area contributed by atoms with Crippen LogP contribution in [0, 0.1) is 6.92 Å². The number of aryl methyl sites for hydroxylation is 1. The van der Waals surface area contributed by atoms with Gasteiger partial charge in [0, 0.05) is 12.1 Å². The van der Waals surface area contributed by atoms with Gasteiger partial charge < -0.3 is 25.4 Å². The number of amides is 3. The van der Waals surface area contributed by atoms with Gasteiger partial charge in [-0.05, 0) is 59.6 Å². The fraction of sp³-hybridized carbons (Fsp3) is 0.464. The maximum atomic E-state index is 13.8. The fourth-order valence-electron chi connectivity index (χ4n) is 3.79. The Balaban J connectivity index is 2.45. The van der Waals surface area contributed by atoms with Crippen molar-refractivity contribution in [2.75, 3.05) is 6.61 Å². The zero-order valence-electron chi connectivity index (χ0n) is 22.3. The van der Waals surface area contributed by atoms with E-state index in [1.807, 2.05) is 55.5 Å². The number of ether oxygens (including phenoxy) is 1. The Morgan fingerprint density at radius 3 is 2.14 bits per heavy atom. The van der Waals surface area contributed by atoms with Crippen molar-refractivity contribution in [3.63, 3.8) is 0 Å². The summed E-state index contributed by atoms with van der Waals surface area (Å²) in [6.07, 6.45) is -0.829. The van der Waals surface area contributed by atoms with E-state index in [-0.39, 0.29) is 12.5 Å². The van der Waals surface area contributed by atoms with Gasteiger partial charge in [0.15, 0.2) is 0 Å². The van der Waals surface area contributed by atoms with Gasteiger partial charge in [-0.1, -0.05) is 60.2 Å². The molecule has 2 unspecified atom stereocenters. The van der Waals surface area contributed by atoms with Crippen LogP contribution in [0.15, 0.2) is 54.6 Å². The van der Waals surface area contributed by atoms with Crippen molar-refractivity contribution in [2.24, 2.45) is 0 Å². The first-order valence-electron chi connectivity index (χ1n) is 12.0. The van der Waals surface area contributed by atoms with Gasteiger partial charge in [-0.15, -0.1) is 0 Å². The number of nitrogens with one attached hydrogen (secondary N) is 2. The predicted molar refractivity (Wildman–Crippen MR) is 139 cm³/mol. The van der Waals surface area contributed by atoms with Crippen molar-refractivity contribution in [1.82, 2.24) is 15.5 Å². The standard InChI is InChI=1S/C28H39N3O5/c1-19-12-11-15-21(16-19)23(24(33)29-17-20-13-9-8-10-14-20)31(27(2,3)4)25(34)22(18-32)30-26(35)36-28(5,6)7/h8-16,22-23,32H,17-18H2,1-7H3,(H,29,33)(H,30,35). The predicted octanol–water partition coefficient (Wildman–Crippen LogP) is 3.87. The topological polar surface area (TPSA) is 108 Å². The molecular weight excluding hydrogens is 458 g/mol. The Bertz CT molecular complexity index is 1040. The van der Waals surface area contributed by atoms with Crippen molar-refractivity contribution in [1.29, 1.82) is 0 Å². The van der Waals surface area contributed by atoms with Crippen LogP contribution in [0.4, 0.5) is 4.79 Å². The number of aliphatic hydroxyl groups excluding tert-OH is 1. The lowest BCUT2D eigenvalue weighted by atomic mass is 9.94. The highest BCUT2D eigenvalue weighted by Gasteiger charge is 2.41. The molecule has 3 amide bonds. The minimum absolute atomic E-state index is 0.285. The highest BCUT2D eigenvalue weighted by Crippen LogP contribution is 2.30. The van der Waals surface area contributed by atoms with Gasteiger partial charge in [-0.2, -0.15) is 0 Å². The largest absolute Gasteiger partial charge is 0.444 e. The van der Waals surface area contributed by atoms with Crippen LogP contribution in [0.25, 0.3) is 0 Å². The van der Waals surface area contributed by atoms with E-state index in [0.29, 0.717) is 5.56 Å². The molecule has 36 heavy (non-hydrogen) atoms. The van der Waals surface area contributed by atoms with Crippen LogP contribution in [-0.2, 0) is 20.9 Å². The summed E-state index contributed by atoms with van der Waals surface area (Å²) < 4.78 is 5.27. The molecule has 0 saturated carbocycles. The molecule has 0 saturated heterocycles. The van der Waals surface area contributed by atoms with Crippen molar-refractivity contribution in [3.05, 3.63) is 71.3 Å². The first kappa shape index (κ1) is 28.8. The van der Waals surface area contributed by atoms with Crippen LogP contribution in [0.5, 0.6) is 0 Å². The average molecular weight is 498 g/mol. The lowest BCUT2D eigenvalue weighted by Gasteiger charge is -2.43. The molecule has 0 spiro atoms. The maximum Gasteiger partial charge on any atom is 0.408 e. The zero-order chi connectivity index (χ0) is 27.1. The van der Waals surface area contributed by atoms with E-state index in [4.69, 9.17) is 4.74 Å². The number of aliphatic hydroxyl groups is 1. The van der Waals surface area contributed by atoms with Crippen molar-refractivity contribution < 1.29 is 24.2 Å². The van der Waals surface area contributed by atoms with Crippen molar-refractivity contribution >= 4 is 17.9 Å². The molecule has 3 N–H and O–H groups in total. The molecule has 0 fully saturated rings. The van der Waals surface area contributed by atoms with E-state index in [2.05, 4.69) is 10.6 Å². The number of carbonyl (C=O) groups is 3. The number of rotatable bonds is 8. The molecule has 0 radical (unpaired) electrons. The zero-order valence-corrected chi connectivity index (χ0v) is 22.3. The SMILES string of the molecule is Cc1cccc(C(C(=O)NCc2ccccc2)N(C(=O)C(CO)NC(=O)OC(C)(C)C)C(C)(C)C)c1. The Hall–Kier alpha value is -3.39. The van der Waals surface area contributed by atoms with Crippen LogP contribution in [-0.4, -0.2) is 51.7 Å². The van der Waals surface area contributed by atoms with Crippen LogP contribution in [0.3, 0.4) is 0 Å². The maximum absolute atomic E-state index is 13.8. The highest BCUT2D eigenvalue weighted by atomic mass is 16.6. The third-order valence-electron chi connectivity index (χ3n) is 5.31. The van der Waals surface area contributed by atoms with Gasteiger partial charge in [-0.25, -0.2) is 4.79 Å². The molecule has 0 heterocycles. The molecule has 0 aliphatic rings. The summed E-state index contributed by atoms with van der Waals surface area (Å²) in [5, 5.41) is 15.4. The van der Waals surface area contributed by atoms with Crippen molar-refractivity contribution in [2.45, 2.75) is 78.2 Å². The third kappa shape index (κ3) is 8.37.